The zero-order valence-electron chi connectivity index (χ0n) is 11.4. The predicted molar refractivity (Wildman–Crippen MR) is 79.5 cm³/mol. The molecule has 1 aromatic rings. The summed E-state index contributed by atoms with van der Waals surface area (Å²) in [7, 11) is -0.926. The molecule has 1 aliphatic heterocycles. The lowest BCUT2D eigenvalue weighted by molar-refractivity contribution is 0.601. The minimum absolute atomic E-state index is 0.0521. The van der Waals surface area contributed by atoms with Crippen molar-refractivity contribution in [1.82, 2.24) is 4.98 Å². The van der Waals surface area contributed by atoms with Crippen molar-refractivity contribution in [2.75, 3.05) is 23.5 Å². The molecule has 2 rings (SSSR count). The second kappa shape index (κ2) is 5.76. The van der Waals surface area contributed by atoms with Crippen molar-refractivity contribution in [2.24, 2.45) is 5.73 Å². The van der Waals surface area contributed by atoms with Crippen molar-refractivity contribution in [1.29, 1.82) is 0 Å². The van der Waals surface area contributed by atoms with Gasteiger partial charge < -0.3 is 10.6 Å². The molecule has 1 fully saturated rings. The Balaban J connectivity index is 2.17. The highest BCUT2D eigenvalue weighted by atomic mass is 32.2. The summed E-state index contributed by atoms with van der Waals surface area (Å²) in [4.78, 5) is 7.76. The van der Waals surface area contributed by atoms with Crippen molar-refractivity contribution in [3.63, 3.8) is 0 Å². The highest BCUT2D eigenvalue weighted by Crippen LogP contribution is 2.30. The van der Waals surface area contributed by atoms with Gasteiger partial charge >= 0.3 is 0 Å². The van der Waals surface area contributed by atoms with E-state index in [2.05, 4.69) is 11.9 Å². The summed E-state index contributed by atoms with van der Waals surface area (Å²) in [6, 6.07) is 0.0521. The molecule has 19 heavy (non-hydrogen) atoms. The summed E-state index contributed by atoms with van der Waals surface area (Å²) in [5.41, 5.74) is 6.81. The van der Waals surface area contributed by atoms with E-state index in [1.807, 2.05) is 11.9 Å². The van der Waals surface area contributed by atoms with Gasteiger partial charge in [-0.15, -0.1) is 11.3 Å². The largest absolute Gasteiger partial charge is 0.347 e. The number of rotatable bonds is 5. The molecule has 0 aromatic carbocycles. The summed E-state index contributed by atoms with van der Waals surface area (Å²) in [6.07, 6.45) is 2.66. The van der Waals surface area contributed by atoms with Gasteiger partial charge in [-0.1, -0.05) is 13.3 Å². The maximum absolute atomic E-state index is 11.5. The molecule has 1 aromatic heterocycles. The highest BCUT2D eigenvalue weighted by Gasteiger charge is 2.32. The Morgan fingerprint density at radius 3 is 2.79 bits per heavy atom. The molecule has 0 aliphatic carbocycles. The lowest BCUT2D eigenvalue weighted by Crippen LogP contribution is -2.32. The van der Waals surface area contributed by atoms with Gasteiger partial charge in [0.15, 0.2) is 15.0 Å². The lowest BCUT2D eigenvalue weighted by atomic mass is 10.2. The fourth-order valence-corrected chi connectivity index (χ4v) is 5.14. The molecule has 0 bridgehead atoms. The second-order valence-electron chi connectivity index (χ2n) is 4.99. The van der Waals surface area contributed by atoms with E-state index in [9.17, 15) is 8.42 Å². The second-order valence-corrected chi connectivity index (χ2v) is 8.28. The van der Waals surface area contributed by atoms with Gasteiger partial charge in [-0.25, -0.2) is 13.4 Å². The molecule has 7 heteroatoms. The molecule has 2 heterocycles. The molecule has 0 radical (unpaired) electrons. The first kappa shape index (κ1) is 14.7. The van der Waals surface area contributed by atoms with Gasteiger partial charge in [-0.05, 0) is 12.8 Å². The molecule has 0 amide bonds. The van der Waals surface area contributed by atoms with Crippen molar-refractivity contribution >= 4 is 26.3 Å². The van der Waals surface area contributed by atoms with Crippen molar-refractivity contribution < 1.29 is 8.42 Å². The normalized spacial score (nSPS) is 21.7. The fraction of sp³-hybridized carbons (Fsp3) is 0.750. The monoisotopic (exact) mass is 303 g/mol. The summed E-state index contributed by atoms with van der Waals surface area (Å²) in [5, 5.41) is 0.894. The first-order valence-corrected chi connectivity index (χ1v) is 9.22. The van der Waals surface area contributed by atoms with Crippen LogP contribution in [-0.2, 0) is 22.8 Å². The molecule has 1 saturated heterocycles. The fourth-order valence-electron chi connectivity index (χ4n) is 2.35. The van der Waals surface area contributed by atoms with Crippen LogP contribution in [0.1, 0.15) is 30.3 Å². The molecule has 2 N–H and O–H groups in total. The van der Waals surface area contributed by atoms with Crippen LogP contribution in [0.2, 0.25) is 0 Å². The molecule has 0 spiro atoms. The van der Waals surface area contributed by atoms with Crippen LogP contribution in [-0.4, -0.2) is 38.0 Å². The van der Waals surface area contributed by atoms with Crippen molar-refractivity contribution in [3.05, 3.63) is 10.6 Å². The zero-order valence-corrected chi connectivity index (χ0v) is 13.1. The summed E-state index contributed by atoms with van der Waals surface area (Å²) in [5.74, 6) is 0.531. The van der Waals surface area contributed by atoms with E-state index in [0.29, 0.717) is 18.7 Å². The third-order valence-corrected chi connectivity index (χ3v) is 6.46. The van der Waals surface area contributed by atoms with E-state index < -0.39 is 9.84 Å². The third-order valence-electron chi connectivity index (χ3n) is 3.50. The number of aromatic nitrogens is 1. The van der Waals surface area contributed by atoms with Gasteiger partial charge in [0.1, 0.15) is 0 Å². The number of hydrogen-bond donors (Lipinski definition) is 1. The Labute approximate surface area is 118 Å². The summed E-state index contributed by atoms with van der Waals surface area (Å²) in [6.45, 7) is 2.62. The Bertz CT molecular complexity index is 539. The molecule has 1 atom stereocenters. The van der Waals surface area contributed by atoms with Gasteiger partial charge in [0.2, 0.25) is 0 Å². The minimum Gasteiger partial charge on any atom is -0.347 e. The summed E-state index contributed by atoms with van der Waals surface area (Å²) < 4.78 is 23.1. The molecule has 1 unspecified atom stereocenters. The van der Waals surface area contributed by atoms with E-state index in [4.69, 9.17) is 5.73 Å². The van der Waals surface area contributed by atoms with Crippen LogP contribution in [0.3, 0.4) is 0 Å². The SMILES string of the molecule is CCCc1nc(N(C)C2CCS(=O)(=O)C2)sc1CN. The number of anilines is 1. The average molecular weight is 303 g/mol. The maximum atomic E-state index is 11.5. The topological polar surface area (TPSA) is 76.3 Å². The van der Waals surface area contributed by atoms with Gasteiger partial charge in [0.05, 0.1) is 17.2 Å². The van der Waals surface area contributed by atoms with Crippen LogP contribution >= 0.6 is 11.3 Å². The van der Waals surface area contributed by atoms with Crippen LogP contribution in [0.15, 0.2) is 0 Å². The van der Waals surface area contributed by atoms with Crippen molar-refractivity contribution in [2.45, 2.75) is 38.8 Å². The van der Waals surface area contributed by atoms with Gasteiger partial charge in [0.25, 0.3) is 0 Å². The van der Waals surface area contributed by atoms with E-state index in [0.717, 1.165) is 28.5 Å². The lowest BCUT2D eigenvalue weighted by Gasteiger charge is -2.22. The Kier molecular flexibility index (Phi) is 4.47. The van der Waals surface area contributed by atoms with E-state index in [1.165, 1.54) is 0 Å². The van der Waals surface area contributed by atoms with Crippen LogP contribution in [0.4, 0.5) is 5.13 Å². The quantitative estimate of drug-likeness (QED) is 0.884. The number of aryl methyl sites for hydroxylation is 1. The molecule has 5 nitrogen and oxygen atoms in total. The number of thiazole rings is 1. The minimum atomic E-state index is -2.86. The van der Waals surface area contributed by atoms with Crippen LogP contribution < -0.4 is 10.6 Å². The average Bonchev–Trinajstić information content (AvgIpc) is 2.92. The first-order chi connectivity index (χ1) is 8.96. The molecule has 108 valence electrons. The Morgan fingerprint density at radius 2 is 2.26 bits per heavy atom. The van der Waals surface area contributed by atoms with Crippen molar-refractivity contribution in [3.8, 4) is 0 Å². The molecular weight excluding hydrogens is 282 g/mol. The predicted octanol–water partition coefficient (Wildman–Crippen LogP) is 1.18. The Hall–Kier alpha value is -0.660. The van der Waals surface area contributed by atoms with Gasteiger partial charge in [0, 0.05) is 24.5 Å². The van der Waals surface area contributed by atoms with E-state index in [-0.39, 0.29) is 11.8 Å². The standard InChI is InChI=1S/C12H21N3O2S2/c1-3-4-10-11(7-13)18-12(14-10)15(2)9-5-6-19(16,17)8-9/h9H,3-8,13H2,1-2H3. The molecule has 0 saturated carbocycles. The van der Waals surface area contributed by atoms with Crippen LogP contribution in [0, 0.1) is 0 Å². The van der Waals surface area contributed by atoms with Gasteiger partial charge in [-0.3, -0.25) is 0 Å². The van der Waals surface area contributed by atoms with Crippen LogP contribution in [0.25, 0.3) is 0 Å². The number of hydrogen-bond acceptors (Lipinski definition) is 6. The van der Waals surface area contributed by atoms with Gasteiger partial charge in [-0.2, -0.15) is 0 Å². The molecular formula is C12H21N3O2S2. The third kappa shape index (κ3) is 3.27. The first-order valence-electron chi connectivity index (χ1n) is 6.58. The summed E-state index contributed by atoms with van der Waals surface area (Å²) >= 11 is 1.59. The Morgan fingerprint density at radius 1 is 1.53 bits per heavy atom. The van der Waals surface area contributed by atoms with E-state index >= 15 is 0 Å². The smallest absolute Gasteiger partial charge is 0.185 e. The maximum Gasteiger partial charge on any atom is 0.185 e. The van der Waals surface area contributed by atoms with E-state index in [1.54, 1.807) is 11.3 Å². The number of sulfone groups is 1. The number of nitrogens with zero attached hydrogens (tertiary/aromatic N) is 2. The molecule has 1 aliphatic rings. The number of nitrogens with two attached hydrogens (primary N) is 1. The van der Waals surface area contributed by atoms with Crippen LogP contribution in [0.5, 0.6) is 0 Å². The highest BCUT2D eigenvalue weighted by molar-refractivity contribution is 7.91. The zero-order chi connectivity index (χ0) is 14.0.